The Kier molecular flexibility index (Phi) is 14.7. The van der Waals surface area contributed by atoms with E-state index in [1.54, 1.807) is 0 Å². The normalized spacial score (nSPS) is 17.9. The number of sulfone groups is 1. The molecule has 0 aromatic rings. The van der Waals surface area contributed by atoms with Crippen LogP contribution in [0.25, 0.3) is 0 Å². The molecule has 6 nitrogen and oxygen atoms in total. The Morgan fingerprint density at radius 1 is 0.328 bits per heavy atom. The van der Waals surface area contributed by atoms with Crippen molar-refractivity contribution >= 4 is 18.6 Å². The molecular weight excluding hydrogens is 1100 g/mol. The third kappa shape index (κ3) is 8.24. The summed E-state index contributed by atoms with van der Waals surface area (Å²) in [5, 5.41) is -25.9. The Hall–Kier alpha value is -2.72. The summed E-state index contributed by atoms with van der Waals surface area (Å²) in [6.45, 7) is 0. The summed E-state index contributed by atoms with van der Waals surface area (Å²) in [5.74, 6) is -69.7. The molecular formula is C17F39NO5SSi. The zero-order chi connectivity index (χ0) is 53.2. The molecule has 0 rings (SSSR count). The minimum absolute atomic E-state index is 0.817. The second-order valence-corrected chi connectivity index (χ2v) is 15.2. The molecule has 0 N–H and O–H groups in total. The summed E-state index contributed by atoms with van der Waals surface area (Å²) in [6, 6.07) is -9.00. The van der Waals surface area contributed by atoms with Crippen LogP contribution in [0.2, 0.25) is 0 Å². The summed E-state index contributed by atoms with van der Waals surface area (Å²) >= 11 is 0. The van der Waals surface area contributed by atoms with Gasteiger partial charge in [-0.05, 0) is 0 Å². The van der Waals surface area contributed by atoms with Crippen molar-refractivity contribution in [1.82, 2.24) is 5.34 Å². The highest BCUT2D eigenvalue weighted by molar-refractivity contribution is 7.93. The van der Waals surface area contributed by atoms with E-state index in [0.717, 1.165) is 13.3 Å². The van der Waals surface area contributed by atoms with E-state index in [1.807, 2.05) is 0 Å². The molecule has 0 fully saturated rings. The smallest absolute Gasteiger partial charge is 0.316 e. The molecule has 1 atom stereocenters. The molecule has 0 aromatic carbocycles. The topological polar surface area (TPSA) is 65.1 Å². The van der Waals surface area contributed by atoms with Crippen LogP contribution in [-0.4, -0.2) is 123 Å². The fraction of sp³-hybridized carbons (Fsp3) is 1.00. The summed E-state index contributed by atoms with van der Waals surface area (Å²) in [7, 11) is -24.4. The van der Waals surface area contributed by atoms with Gasteiger partial charge in [0.1, 0.15) is 0 Å². The zero-order valence-electron chi connectivity index (χ0n) is 26.6. The minimum atomic E-state index is -12.6. The van der Waals surface area contributed by atoms with Crippen molar-refractivity contribution < 1.29 is 193 Å². The highest BCUT2D eigenvalue weighted by atomic mass is 32.2. The molecule has 0 aliphatic rings. The van der Waals surface area contributed by atoms with Gasteiger partial charge in [-0.2, -0.15) is 162 Å². The van der Waals surface area contributed by atoms with Crippen molar-refractivity contribution in [2.45, 2.75) is 100 Å². The Bertz CT molecular complexity index is 1760. The second-order valence-electron chi connectivity index (χ2n) is 10.8. The fourth-order valence-corrected chi connectivity index (χ4v) is 7.40. The molecule has 0 aliphatic heterocycles. The van der Waals surface area contributed by atoms with Gasteiger partial charge in [-0.25, -0.2) is 8.42 Å². The lowest BCUT2D eigenvalue weighted by atomic mass is 9.91. The second kappa shape index (κ2) is 15.4. The third-order valence-corrected chi connectivity index (χ3v) is 11.3. The third-order valence-electron chi connectivity index (χ3n) is 6.53. The van der Waals surface area contributed by atoms with E-state index in [9.17, 15) is 175 Å². The van der Waals surface area contributed by atoms with Crippen LogP contribution in [0.3, 0.4) is 0 Å². The number of hydrogen-bond acceptors (Lipinski definition) is 6. The maximum atomic E-state index is 15.3. The first-order valence-corrected chi connectivity index (χ1v) is 16.0. The van der Waals surface area contributed by atoms with Crippen molar-refractivity contribution in [1.29, 1.82) is 0 Å². The van der Waals surface area contributed by atoms with Crippen LogP contribution < -0.4 is 0 Å². The first kappa shape index (κ1) is 61.3. The van der Waals surface area contributed by atoms with Crippen molar-refractivity contribution in [3.8, 4) is 0 Å². The van der Waals surface area contributed by atoms with Gasteiger partial charge in [0.25, 0.3) is 9.84 Å². The van der Waals surface area contributed by atoms with Crippen LogP contribution in [0.15, 0.2) is 0 Å². The monoisotopic (exact) mass is 1100 g/mol. The molecule has 0 aliphatic carbocycles. The molecule has 0 amide bonds. The van der Waals surface area contributed by atoms with Gasteiger partial charge in [-0.1, -0.05) is 8.96 Å². The standard InChI is InChI=1S/C17F39NO5SSi/c18-1(19,3(22,23)5(26,27)8(32,33)34)2(20,21)4(24,25)6(28,29)15(50,51)63(58,59)17(54,11(41,42)43)62-64(60-13(46,47)9(35,36)37,61-14(48,49)10(38,39)40)16(52,53)7(30,31)12(44,45)57(55)56. The maximum absolute atomic E-state index is 15.3. The first-order valence-electron chi connectivity index (χ1n) is 12.8. The van der Waals surface area contributed by atoms with Gasteiger partial charge in [-0.15, -0.1) is 0 Å². The summed E-state index contributed by atoms with van der Waals surface area (Å²) < 4.78 is 555. The molecule has 47 heteroatoms. The lowest BCUT2D eigenvalue weighted by Gasteiger charge is -2.46. The van der Waals surface area contributed by atoms with Crippen molar-refractivity contribution in [2.75, 3.05) is 0 Å². The van der Waals surface area contributed by atoms with E-state index in [-0.39, 0.29) is 0 Å². The SMILES string of the molecule is O=S(=O)(C(F)(F)C(F)(F)C(F)(F)C(F)(F)C(F)(F)C(F)(F)C(F)(F)C(F)(F)F)C(F)(O[Si](OC(F)(F)C(F)(F)F)(OC(F)(F)C(F)(F)F)C(F)(F)C(F)(F)C(F)(F)N(F)F)C(F)(F)F. The van der Waals surface area contributed by atoms with Gasteiger partial charge >= 0.3 is 109 Å². The van der Waals surface area contributed by atoms with Gasteiger partial charge in [-0.3, -0.25) is 0 Å². The lowest BCUT2D eigenvalue weighted by molar-refractivity contribution is -0.458. The largest absolute Gasteiger partial charge is 0.594 e. The van der Waals surface area contributed by atoms with Gasteiger partial charge in [0.15, 0.2) is 0 Å². The molecule has 64 heavy (non-hydrogen) atoms. The highest BCUT2D eigenvalue weighted by Crippen LogP contribution is 2.67. The average Bonchev–Trinajstić information content (AvgIpc) is 3.00. The molecule has 0 aromatic heterocycles. The molecule has 0 bridgehead atoms. The number of hydrogen-bond donors (Lipinski definition) is 0. The zero-order valence-corrected chi connectivity index (χ0v) is 28.5. The van der Waals surface area contributed by atoms with E-state index in [2.05, 4.69) is 0 Å². The molecule has 1 unspecified atom stereocenters. The predicted molar refractivity (Wildman–Crippen MR) is 109 cm³/mol. The van der Waals surface area contributed by atoms with E-state index in [1.165, 1.54) is 0 Å². The summed E-state index contributed by atoms with van der Waals surface area (Å²) in [4.78, 5) is 0. The van der Waals surface area contributed by atoms with Crippen molar-refractivity contribution in [2.24, 2.45) is 0 Å². The number of rotatable bonds is 18. The van der Waals surface area contributed by atoms with E-state index in [4.69, 9.17) is 0 Å². The summed E-state index contributed by atoms with van der Waals surface area (Å²) in [5.41, 5.74) is -10.2. The molecule has 0 saturated heterocycles. The lowest BCUT2D eigenvalue weighted by Crippen LogP contribution is -2.80. The van der Waals surface area contributed by atoms with Crippen LogP contribution in [0.4, 0.5) is 171 Å². The summed E-state index contributed by atoms with van der Waals surface area (Å²) in [6.07, 6.45) is -54.2. The Morgan fingerprint density at radius 2 is 0.594 bits per heavy atom. The Labute approximate surface area is 318 Å². The minimum Gasteiger partial charge on any atom is -0.316 e. The molecule has 386 valence electrons. The molecule has 0 radical (unpaired) electrons. The first-order chi connectivity index (χ1) is 26.8. The van der Waals surface area contributed by atoms with Gasteiger partial charge < -0.3 is 13.3 Å². The highest BCUT2D eigenvalue weighted by Gasteiger charge is 2.99. The average molecular weight is 1100 g/mol. The van der Waals surface area contributed by atoms with E-state index >= 15 is 4.39 Å². The van der Waals surface area contributed by atoms with E-state index < -0.39 is 124 Å². The van der Waals surface area contributed by atoms with Crippen LogP contribution in [0, 0.1) is 0 Å². The molecule has 0 heterocycles. The van der Waals surface area contributed by atoms with Gasteiger partial charge in [0.2, 0.25) is 0 Å². The van der Waals surface area contributed by atoms with Gasteiger partial charge in [0.05, 0.1) is 5.34 Å². The van der Waals surface area contributed by atoms with Crippen molar-refractivity contribution in [3.05, 3.63) is 0 Å². The predicted octanol–water partition coefficient (Wildman–Crippen LogP) is 11.3. The quantitative estimate of drug-likeness (QED) is 0.0590. The van der Waals surface area contributed by atoms with E-state index in [0.29, 0.717) is 0 Å². The fourth-order valence-electron chi connectivity index (χ4n) is 3.12. The Balaban J connectivity index is 9.25. The van der Waals surface area contributed by atoms with Crippen LogP contribution >= 0.6 is 0 Å². The number of halogens is 39. The van der Waals surface area contributed by atoms with Crippen LogP contribution in [0.5, 0.6) is 0 Å². The van der Waals surface area contributed by atoms with Crippen LogP contribution in [-0.2, 0) is 23.1 Å². The maximum Gasteiger partial charge on any atom is 0.594 e. The van der Waals surface area contributed by atoms with Gasteiger partial charge in [0, 0.05) is 0 Å². The molecule has 0 saturated carbocycles. The molecule has 0 spiro atoms. The number of alkyl halides is 37. The van der Waals surface area contributed by atoms with Crippen molar-refractivity contribution in [3.63, 3.8) is 0 Å². The number of nitrogens with zero attached hydrogens (tertiary/aromatic N) is 1. The Morgan fingerprint density at radius 3 is 0.828 bits per heavy atom. The van der Waals surface area contributed by atoms with Crippen LogP contribution in [0.1, 0.15) is 0 Å².